The van der Waals surface area contributed by atoms with Crippen LogP contribution in [-0.2, 0) is 9.53 Å². The van der Waals surface area contributed by atoms with Gasteiger partial charge in [-0.15, -0.1) is 0 Å². The van der Waals surface area contributed by atoms with Crippen LogP contribution in [0.3, 0.4) is 0 Å². The molecule has 1 saturated heterocycles. The van der Waals surface area contributed by atoms with E-state index in [1.165, 1.54) is 13.4 Å². The fraction of sp³-hybridized carbons (Fsp3) is 0.571. The highest BCUT2D eigenvalue weighted by Gasteiger charge is 2.29. The van der Waals surface area contributed by atoms with Crippen LogP contribution < -0.4 is 0 Å². The summed E-state index contributed by atoms with van der Waals surface area (Å²) in [5.74, 6) is 0.0988. The van der Waals surface area contributed by atoms with Crippen molar-refractivity contribution in [1.29, 1.82) is 0 Å². The standard InChI is InChI=1S/C14H20N2O4/c1-11-10-15(6-5-13(17)19-2)7-8-16(11)14(18)12-4-3-9-20-12/h3-4,9,11H,5-8,10H2,1-2H3/t11-/m1/s1. The fourth-order valence-electron chi connectivity index (χ4n) is 2.43. The summed E-state index contributed by atoms with van der Waals surface area (Å²) in [5, 5.41) is 0. The van der Waals surface area contributed by atoms with Crippen LogP contribution in [0.15, 0.2) is 22.8 Å². The van der Waals surface area contributed by atoms with E-state index in [0.29, 0.717) is 25.3 Å². The first kappa shape index (κ1) is 14.6. The lowest BCUT2D eigenvalue weighted by Gasteiger charge is -2.39. The number of piperazine rings is 1. The Balaban J connectivity index is 1.86. The lowest BCUT2D eigenvalue weighted by Crippen LogP contribution is -2.54. The Labute approximate surface area is 118 Å². The highest BCUT2D eigenvalue weighted by Crippen LogP contribution is 2.14. The summed E-state index contributed by atoms with van der Waals surface area (Å²) in [6, 6.07) is 3.49. The van der Waals surface area contributed by atoms with Gasteiger partial charge in [0.1, 0.15) is 0 Å². The fourth-order valence-corrected chi connectivity index (χ4v) is 2.43. The lowest BCUT2D eigenvalue weighted by molar-refractivity contribution is -0.141. The van der Waals surface area contributed by atoms with Gasteiger partial charge in [-0.1, -0.05) is 0 Å². The van der Waals surface area contributed by atoms with E-state index in [-0.39, 0.29) is 17.9 Å². The van der Waals surface area contributed by atoms with Crippen molar-refractivity contribution in [3.05, 3.63) is 24.2 Å². The van der Waals surface area contributed by atoms with Crippen molar-refractivity contribution in [2.24, 2.45) is 0 Å². The van der Waals surface area contributed by atoms with Crippen molar-refractivity contribution in [3.8, 4) is 0 Å². The number of hydrogen-bond donors (Lipinski definition) is 0. The van der Waals surface area contributed by atoms with Crippen molar-refractivity contribution >= 4 is 11.9 Å². The molecule has 20 heavy (non-hydrogen) atoms. The molecule has 0 unspecified atom stereocenters. The number of amides is 1. The van der Waals surface area contributed by atoms with Crippen LogP contribution in [0.1, 0.15) is 23.9 Å². The van der Waals surface area contributed by atoms with Gasteiger partial charge in [-0.25, -0.2) is 0 Å². The second-order valence-electron chi connectivity index (χ2n) is 4.95. The molecule has 1 aliphatic heterocycles. The first-order valence-corrected chi connectivity index (χ1v) is 6.75. The summed E-state index contributed by atoms with van der Waals surface area (Å²) < 4.78 is 9.79. The molecule has 1 atom stereocenters. The van der Waals surface area contributed by atoms with Crippen molar-refractivity contribution in [1.82, 2.24) is 9.80 Å². The van der Waals surface area contributed by atoms with E-state index in [0.717, 1.165) is 13.1 Å². The summed E-state index contributed by atoms with van der Waals surface area (Å²) in [5.41, 5.74) is 0. The maximum atomic E-state index is 12.2. The number of carbonyl (C=O) groups is 2. The highest BCUT2D eigenvalue weighted by atomic mass is 16.5. The van der Waals surface area contributed by atoms with E-state index in [1.54, 1.807) is 12.1 Å². The predicted molar refractivity (Wildman–Crippen MR) is 72.3 cm³/mol. The Morgan fingerprint density at radius 3 is 2.85 bits per heavy atom. The third kappa shape index (κ3) is 3.39. The van der Waals surface area contributed by atoms with Crippen molar-refractivity contribution < 1.29 is 18.7 Å². The van der Waals surface area contributed by atoms with E-state index in [2.05, 4.69) is 9.64 Å². The molecule has 1 aromatic heterocycles. The largest absolute Gasteiger partial charge is 0.469 e. The van der Waals surface area contributed by atoms with Crippen LogP contribution in [0.4, 0.5) is 0 Å². The van der Waals surface area contributed by atoms with Gasteiger partial charge in [-0.05, 0) is 19.1 Å². The number of ether oxygens (including phenoxy) is 1. The van der Waals surface area contributed by atoms with Gasteiger partial charge in [0.2, 0.25) is 0 Å². The monoisotopic (exact) mass is 280 g/mol. The van der Waals surface area contributed by atoms with Gasteiger partial charge in [0.25, 0.3) is 5.91 Å². The smallest absolute Gasteiger partial charge is 0.306 e. The summed E-state index contributed by atoms with van der Waals surface area (Å²) in [6.45, 7) is 4.82. The zero-order chi connectivity index (χ0) is 14.5. The van der Waals surface area contributed by atoms with Gasteiger partial charge in [0, 0.05) is 32.2 Å². The topological polar surface area (TPSA) is 63.0 Å². The summed E-state index contributed by atoms with van der Waals surface area (Å²) >= 11 is 0. The third-order valence-electron chi connectivity index (χ3n) is 3.56. The molecule has 0 N–H and O–H groups in total. The number of methoxy groups -OCH3 is 1. The molecule has 1 aliphatic rings. The predicted octanol–water partition coefficient (Wildman–Crippen LogP) is 0.989. The lowest BCUT2D eigenvalue weighted by atomic mass is 10.1. The molecule has 2 rings (SSSR count). The van der Waals surface area contributed by atoms with Crippen molar-refractivity contribution in [2.45, 2.75) is 19.4 Å². The molecule has 6 heteroatoms. The highest BCUT2D eigenvalue weighted by molar-refractivity contribution is 5.91. The van der Waals surface area contributed by atoms with E-state index in [4.69, 9.17) is 4.42 Å². The SMILES string of the molecule is COC(=O)CCN1CCN(C(=O)c2ccco2)[C@H](C)C1. The Bertz CT molecular complexity index is 458. The maximum Gasteiger partial charge on any atom is 0.306 e. The van der Waals surface area contributed by atoms with Gasteiger partial charge in [-0.2, -0.15) is 0 Å². The molecular formula is C14H20N2O4. The van der Waals surface area contributed by atoms with E-state index >= 15 is 0 Å². The first-order valence-electron chi connectivity index (χ1n) is 6.75. The number of furan rings is 1. The zero-order valence-electron chi connectivity index (χ0n) is 11.9. The minimum absolute atomic E-state index is 0.0740. The number of nitrogens with zero attached hydrogens (tertiary/aromatic N) is 2. The van der Waals surface area contributed by atoms with Crippen molar-refractivity contribution in [2.75, 3.05) is 33.3 Å². The number of hydrogen-bond acceptors (Lipinski definition) is 5. The molecule has 0 aliphatic carbocycles. The minimum atomic E-state index is -0.202. The van der Waals surface area contributed by atoms with Crippen LogP contribution in [-0.4, -0.2) is 61.0 Å². The molecule has 1 amide bonds. The van der Waals surface area contributed by atoms with Gasteiger partial charge in [0.15, 0.2) is 5.76 Å². The second kappa shape index (κ2) is 6.56. The molecule has 0 radical (unpaired) electrons. The first-order chi connectivity index (χ1) is 9.61. The van der Waals surface area contributed by atoms with Gasteiger partial charge in [0.05, 0.1) is 19.8 Å². The molecule has 0 spiro atoms. The normalized spacial score (nSPS) is 19.9. The zero-order valence-corrected chi connectivity index (χ0v) is 11.9. The van der Waals surface area contributed by atoms with Crippen LogP contribution in [0.5, 0.6) is 0 Å². The minimum Gasteiger partial charge on any atom is -0.469 e. The molecule has 0 aromatic carbocycles. The number of rotatable bonds is 4. The second-order valence-corrected chi connectivity index (χ2v) is 4.95. The van der Waals surface area contributed by atoms with E-state index in [9.17, 15) is 9.59 Å². The Hall–Kier alpha value is -1.82. The molecular weight excluding hydrogens is 260 g/mol. The summed E-state index contributed by atoms with van der Waals surface area (Å²) in [7, 11) is 1.39. The van der Waals surface area contributed by atoms with Gasteiger partial charge < -0.3 is 14.1 Å². The van der Waals surface area contributed by atoms with Gasteiger partial charge >= 0.3 is 5.97 Å². The number of esters is 1. The molecule has 2 heterocycles. The molecule has 6 nitrogen and oxygen atoms in total. The average Bonchev–Trinajstić information content (AvgIpc) is 2.98. The average molecular weight is 280 g/mol. The number of carbonyl (C=O) groups excluding carboxylic acids is 2. The van der Waals surface area contributed by atoms with E-state index < -0.39 is 0 Å². The third-order valence-corrected chi connectivity index (χ3v) is 3.56. The van der Waals surface area contributed by atoms with E-state index in [1.807, 2.05) is 11.8 Å². The van der Waals surface area contributed by atoms with Gasteiger partial charge in [-0.3, -0.25) is 14.5 Å². The summed E-state index contributed by atoms with van der Waals surface area (Å²) in [4.78, 5) is 27.4. The molecule has 110 valence electrons. The van der Waals surface area contributed by atoms with Crippen LogP contribution in [0, 0.1) is 0 Å². The van der Waals surface area contributed by atoms with Crippen LogP contribution >= 0.6 is 0 Å². The van der Waals surface area contributed by atoms with Crippen LogP contribution in [0.25, 0.3) is 0 Å². The maximum absolute atomic E-state index is 12.2. The molecule has 1 fully saturated rings. The molecule has 1 aromatic rings. The Kier molecular flexibility index (Phi) is 4.79. The quantitative estimate of drug-likeness (QED) is 0.770. The van der Waals surface area contributed by atoms with Crippen LogP contribution in [0.2, 0.25) is 0 Å². The Morgan fingerprint density at radius 2 is 2.25 bits per heavy atom. The Morgan fingerprint density at radius 1 is 1.45 bits per heavy atom. The molecule has 0 saturated carbocycles. The summed E-state index contributed by atoms with van der Waals surface area (Å²) in [6.07, 6.45) is 1.89. The van der Waals surface area contributed by atoms with Crippen molar-refractivity contribution in [3.63, 3.8) is 0 Å². The molecule has 0 bridgehead atoms.